The summed E-state index contributed by atoms with van der Waals surface area (Å²) in [5, 5.41) is 11.5. The zero-order valence-electron chi connectivity index (χ0n) is 14.1. The Kier molecular flexibility index (Phi) is 4.08. The molecule has 0 bridgehead atoms. The number of ether oxygens (including phenoxy) is 2. The van der Waals surface area contributed by atoms with E-state index in [0.717, 1.165) is 0 Å². The van der Waals surface area contributed by atoms with Crippen LogP contribution in [0.1, 0.15) is 12.5 Å². The number of hydrogen-bond donors (Lipinski definition) is 0. The largest absolute Gasteiger partial charge is 0.477 e. The van der Waals surface area contributed by atoms with E-state index < -0.39 is 5.60 Å². The molecule has 1 fully saturated rings. The van der Waals surface area contributed by atoms with Crippen molar-refractivity contribution in [2.24, 2.45) is 0 Å². The molecule has 24 heavy (non-hydrogen) atoms. The third-order valence-corrected chi connectivity index (χ3v) is 4.43. The average molecular weight is 335 g/mol. The van der Waals surface area contributed by atoms with E-state index in [2.05, 4.69) is 0 Å². The molecule has 0 N–H and O–H groups in total. The molecule has 2 aliphatic heterocycles. The fraction of sp³-hybridized carbons (Fsp3) is 0.562. The van der Waals surface area contributed by atoms with Gasteiger partial charge in [-0.1, -0.05) is 0 Å². The summed E-state index contributed by atoms with van der Waals surface area (Å²) < 4.78 is 11.2. The van der Waals surface area contributed by atoms with E-state index in [-0.39, 0.29) is 16.5 Å². The molecule has 0 aliphatic carbocycles. The number of rotatable bonds is 3. The van der Waals surface area contributed by atoms with Gasteiger partial charge in [0.25, 0.3) is 11.6 Å². The number of likely N-dealkylation sites (N-methyl/N-ethyl adjacent to an activating group) is 1. The predicted octanol–water partition coefficient (Wildman–Crippen LogP) is 1.21. The fourth-order valence-corrected chi connectivity index (χ4v) is 3.27. The topological polar surface area (TPSA) is 85.2 Å². The van der Waals surface area contributed by atoms with Crippen molar-refractivity contribution in [3.63, 3.8) is 0 Å². The summed E-state index contributed by atoms with van der Waals surface area (Å²) in [5.74, 6) is 0.383. The molecule has 0 radical (unpaired) electrons. The summed E-state index contributed by atoms with van der Waals surface area (Å²) in [7, 11) is 3.34. The third kappa shape index (κ3) is 2.77. The number of amides is 1. The number of nitrogens with zero attached hydrogens (tertiary/aromatic N) is 3. The van der Waals surface area contributed by atoms with Crippen LogP contribution in [-0.2, 0) is 16.0 Å². The highest BCUT2D eigenvalue weighted by Crippen LogP contribution is 2.43. The van der Waals surface area contributed by atoms with Gasteiger partial charge >= 0.3 is 0 Å². The normalized spacial score (nSPS) is 22.7. The zero-order chi connectivity index (χ0) is 17.5. The quantitative estimate of drug-likeness (QED) is 0.610. The smallest absolute Gasteiger partial charge is 0.293 e. The SMILES string of the molecule is CN(C)C(=O)C1(C)Cc2cc([N+](=O)[O-])c(N3CCOCC3)cc2O1. The van der Waals surface area contributed by atoms with Crippen LogP contribution in [0, 0.1) is 10.1 Å². The minimum Gasteiger partial charge on any atom is -0.477 e. The maximum atomic E-state index is 12.4. The summed E-state index contributed by atoms with van der Waals surface area (Å²) in [4.78, 5) is 26.9. The minimum atomic E-state index is -1.02. The van der Waals surface area contributed by atoms with Crippen LogP contribution in [0.5, 0.6) is 5.75 Å². The molecule has 0 saturated carbocycles. The van der Waals surface area contributed by atoms with Crippen LogP contribution in [0.2, 0.25) is 0 Å². The second-order valence-corrected chi connectivity index (χ2v) is 6.51. The van der Waals surface area contributed by atoms with Gasteiger partial charge < -0.3 is 19.3 Å². The molecule has 1 unspecified atom stereocenters. The van der Waals surface area contributed by atoms with E-state index in [1.807, 2.05) is 4.90 Å². The molecule has 2 heterocycles. The Morgan fingerprint density at radius 3 is 2.58 bits per heavy atom. The van der Waals surface area contributed by atoms with Crippen molar-refractivity contribution in [2.75, 3.05) is 45.3 Å². The van der Waals surface area contributed by atoms with Gasteiger partial charge in [-0.15, -0.1) is 0 Å². The second kappa shape index (κ2) is 5.94. The van der Waals surface area contributed by atoms with E-state index in [9.17, 15) is 14.9 Å². The molecule has 8 nitrogen and oxygen atoms in total. The van der Waals surface area contributed by atoms with E-state index in [4.69, 9.17) is 9.47 Å². The number of nitro groups is 1. The summed E-state index contributed by atoms with van der Waals surface area (Å²) in [6, 6.07) is 3.22. The van der Waals surface area contributed by atoms with Crippen LogP contribution < -0.4 is 9.64 Å². The maximum absolute atomic E-state index is 12.4. The first kappa shape index (κ1) is 16.5. The maximum Gasteiger partial charge on any atom is 0.293 e. The number of benzene rings is 1. The number of carbonyl (C=O) groups is 1. The second-order valence-electron chi connectivity index (χ2n) is 6.51. The summed E-state index contributed by atoms with van der Waals surface area (Å²) >= 11 is 0. The Morgan fingerprint density at radius 2 is 2.00 bits per heavy atom. The van der Waals surface area contributed by atoms with E-state index >= 15 is 0 Å². The molecular formula is C16H21N3O5. The number of nitro benzene ring substituents is 1. The predicted molar refractivity (Wildman–Crippen MR) is 87.6 cm³/mol. The summed E-state index contributed by atoms with van der Waals surface area (Å²) in [6.07, 6.45) is 0.323. The van der Waals surface area contributed by atoms with Gasteiger partial charge in [0.15, 0.2) is 5.60 Å². The first-order valence-corrected chi connectivity index (χ1v) is 7.86. The number of morpholine rings is 1. The molecule has 1 saturated heterocycles. The number of carbonyl (C=O) groups excluding carboxylic acids is 1. The molecule has 0 spiro atoms. The Hall–Kier alpha value is -2.35. The molecule has 1 atom stereocenters. The molecule has 0 aromatic heterocycles. The Labute approximate surface area is 140 Å². The van der Waals surface area contributed by atoms with Gasteiger partial charge in [-0.25, -0.2) is 0 Å². The Bertz CT molecular complexity index is 685. The van der Waals surface area contributed by atoms with Gasteiger partial charge in [0.1, 0.15) is 11.4 Å². The lowest BCUT2D eigenvalue weighted by atomic mass is 9.97. The Morgan fingerprint density at radius 1 is 1.33 bits per heavy atom. The van der Waals surface area contributed by atoms with Crippen molar-refractivity contribution >= 4 is 17.3 Å². The fourth-order valence-electron chi connectivity index (χ4n) is 3.27. The van der Waals surface area contributed by atoms with Crippen LogP contribution in [0.25, 0.3) is 0 Å². The van der Waals surface area contributed by atoms with Gasteiger partial charge in [-0.2, -0.15) is 0 Å². The highest BCUT2D eigenvalue weighted by molar-refractivity contribution is 5.87. The van der Waals surface area contributed by atoms with Crippen molar-refractivity contribution in [1.82, 2.24) is 4.90 Å². The first-order chi connectivity index (χ1) is 11.3. The van der Waals surface area contributed by atoms with Crippen LogP contribution in [0.3, 0.4) is 0 Å². The van der Waals surface area contributed by atoms with Crippen molar-refractivity contribution in [3.05, 3.63) is 27.8 Å². The molecule has 1 aromatic rings. The molecule has 2 aliphatic rings. The van der Waals surface area contributed by atoms with E-state index in [0.29, 0.717) is 49.7 Å². The third-order valence-electron chi connectivity index (χ3n) is 4.43. The van der Waals surface area contributed by atoms with Gasteiger partial charge in [0, 0.05) is 51.3 Å². The van der Waals surface area contributed by atoms with Crippen LogP contribution in [0.4, 0.5) is 11.4 Å². The monoisotopic (exact) mass is 335 g/mol. The minimum absolute atomic E-state index is 0.0424. The molecule has 3 rings (SSSR count). The van der Waals surface area contributed by atoms with Gasteiger partial charge in [-0.05, 0) is 6.92 Å². The van der Waals surface area contributed by atoms with Crippen molar-refractivity contribution in [1.29, 1.82) is 0 Å². The van der Waals surface area contributed by atoms with E-state index in [1.165, 1.54) is 11.0 Å². The lowest BCUT2D eigenvalue weighted by molar-refractivity contribution is -0.384. The van der Waals surface area contributed by atoms with Crippen molar-refractivity contribution < 1.29 is 19.2 Å². The van der Waals surface area contributed by atoms with Crippen molar-refractivity contribution in [3.8, 4) is 5.75 Å². The molecule has 1 amide bonds. The number of anilines is 1. The molecule has 8 heteroatoms. The van der Waals surface area contributed by atoms with Gasteiger partial charge in [0.2, 0.25) is 0 Å². The molecule has 1 aromatic carbocycles. The first-order valence-electron chi connectivity index (χ1n) is 7.86. The average Bonchev–Trinajstić information content (AvgIpc) is 2.90. The zero-order valence-corrected chi connectivity index (χ0v) is 14.1. The lowest BCUT2D eigenvalue weighted by Crippen LogP contribution is -2.47. The van der Waals surface area contributed by atoms with Crippen molar-refractivity contribution in [2.45, 2.75) is 18.9 Å². The number of fused-ring (bicyclic) bond motifs is 1. The lowest BCUT2D eigenvalue weighted by Gasteiger charge is -2.29. The number of hydrogen-bond acceptors (Lipinski definition) is 6. The summed E-state index contributed by atoms with van der Waals surface area (Å²) in [5.41, 5.74) is 0.226. The molecular weight excluding hydrogens is 314 g/mol. The molecule has 130 valence electrons. The Balaban J connectivity index is 1.98. The van der Waals surface area contributed by atoms with Gasteiger partial charge in [-0.3, -0.25) is 14.9 Å². The van der Waals surface area contributed by atoms with Crippen LogP contribution in [-0.4, -0.2) is 61.7 Å². The highest BCUT2D eigenvalue weighted by atomic mass is 16.6. The van der Waals surface area contributed by atoms with Crippen LogP contribution in [0.15, 0.2) is 12.1 Å². The van der Waals surface area contributed by atoms with E-state index in [1.54, 1.807) is 27.1 Å². The van der Waals surface area contributed by atoms with Crippen LogP contribution >= 0.6 is 0 Å². The standard InChI is InChI=1S/C16H21N3O5/c1-16(15(20)17(2)3)10-11-8-13(19(21)22)12(9-14(11)24-16)18-4-6-23-7-5-18/h8-9H,4-7,10H2,1-3H3. The summed E-state index contributed by atoms with van der Waals surface area (Å²) in [6.45, 7) is 3.97. The highest BCUT2D eigenvalue weighted by Gasteiger charge is 2.44. The van der Waals surface area contributed by atoms with Gasteiger partial charge in [0.05, 0.1) is 18.1 Å².